The van der Waals surface area contributed by atoms with Gasteiger partial charge in [-0.1, -0.05) is 12.1 Å². The zero-order valence-electron chi connectivity index (χ0n) is 12.0. The number of nitrogens with one attached hydrogen (secondary N) is 1. The number of anilines is 1. The number of carbonyl (C=O) groups is 2. The Kier molecular flexibility index (Phi) is 3.62. The van der Waals surface area contributed by atoms with Crippen LogP contribution < -0.4 is 5.32 Å². The molecule has 22 heavy (non-hydrogen) atoms. The molecule has 0 radical (unpaired) electrons. The highest BCUT2D eigenvalue weighted by Crippen LogP contribution is 2.30. The molecule has 3 rings (SSSR count). The first-order valence-corrected chi connectivity index (χ1v) is 7.42. The van der Waals surface area contributed by atoms with E-state index >= 15 is 0 Å². The Labute approximate surface area is 135 Å². The van der Waals surface area contributed by atoms with E-state index in [1.165, 1.54) is 12.5 Å². The number of halogens is 1. The molecule has 1 aliphatic carbocycles. The summed E-state index contributed by atoms with van der Waals surface area (Å²) in [4.78, 5) is 32.7. The molecule has 1 heterocycles. The van der Waals surface area contributed by atoms with Gasteiger partial charge in [0.25, 0.3) is 0 Å². The minimum atomic E-state index is -0.329. The van der Waals surface area contributed by atoms with Gasteiger partial charge in [-0.2, -0.15) is 0 Å². The van der Waals surface area contributed by atoms with E-state index in [9.17, 15) is 9.59 Å². The second-order valence-electron chi connectivity index (χ2n) is 5.08. The summed E-state index contributed by atoms with van der Waals surface area (Å²) in [6, 6.07) is 5.87. The lowest BCUT2D eigenvalue weighted by Crippen LogP contribution is -2.25. The number of aromatic nitrogens is 2. The van der Waals surface area contributed by atoms with Gasteiger partial charge in [0.1, 0.15) is 17.7 Å². The predicted molar refractivity (Wildman–Crippen MR) is 86.2 cm³/mol. The smallest absolute Gasteiger partial charge is 0.221 e. The van der Waals surface area contributed by atoms with E-state index in [1.54, 1.807) is 0 Å². The lowest BCUT2D eigenvalue weighted by molar-refractivity contribution is 0.0979. The van der Waals surface area contributed by atoms with Gasteiger partial charge in [0.15, 0.2) is 0 Å². The van der Waals surface area contributed by atoms with Gasteiger partial charge in [0, 0.05) is 11.9 Å². The normalized spacial score (nSPS) is 14.1. The van der Waals surface area contributed by atoms with Crippen molar-refractivity contribution in [1.29, 1.82) is 0 Å². The second-order valence-corrected chi connectivity index (χ2v) is 5.87. The Balaban J connectivity index is 2.07. The molecule has 0 saturated heterocycles. The largest absolute Gasteiger partial charge is 0.351 e. The van der Waals surface area contributed by atoms with Crippen LogP contribution in [0.1, 0.15) is 32.0 Å². The van der Waals surface area contributed by atoms with Gasteiger partial charge in [-0.05, 0) is 47.0 Å². The van der Waals surface area contributed by atoms with E-state index in [-0.39, 0.29) is 33.0 Å². The van der Waals surface area contributed by atoms with Crippen molar-refractivity contribution < 1.29 is 9.59 Å². The summed E-state index contributed by atoms with van der Waals surface area (Å²) in [5, 5.41) is 3.07. The quantitative estimate of drug-likeness (QED) is 0.893. The van der Waals surface area contributed by atoms with Crippen LogP contribution >= 0.6 is 15.9 Å². The second kappa shape index (κ2) is 5.46. The third-order valence-electron chi connectivity index (χ3n) is 3.47. The number of allylic oxidation sites excluding steroid dienone is 2. The fourth-order valence-electron chi connectivity index (χ4n) is 2.25. The van der Waals surface area contributed by atoms with Gasteiger partial charge in [-0.25, -0.2) is 9.97 Å². The molecular formula is C16H12BrN3O2. The zero-order valence-corrected chi connectivity index (χ0v) is 13.6. The van der Waals surface area contributed by atoms with Gasteiger partial charge in [-0.3, -0.25) is 9.59 Å². The van der Waals surface area contributed by atoms with Gasteiger partial charge in [-0.15, -0.1) is 0 Å². The molecule has 1 aliphatic rings. The molecule has 5 nitrogen and oxygen atoms in total. The van der Waals surface area contributed by atoms with Crippen LogP contribution in [0.25, 0.3) is 0 Å². The molecule has 0 atom stereocenters. The maximum atomic E-state index is 12.6. The summed E-state index contributed by atoms with van der Waals surface area (Å²) in [5.41, 5.74) is 3.37. The molecule has 110 valence electrons. The summed E-state index contributed by atoms with van der Waals surface area (Å²) >= 11 is 3.22. The number of ketones is 2. The van der Waals surface area contributed by atoms with E-state index in [1.807, 2.05) is 32.0 Å². The summed E-state index contributed by atoms with van der Waals surface area (Å²) in [7, 11) is 0. The van der Waals surface area contributed by atoms with Crippen molar-refractivity contribution in [2.75, 3.05) is 5.32 Å². The highest BCUT2D eigenvalue weighted by atomic mass is 79.9. The van der Waals surface area contributed by atoms with Gasteiger partial charge in [0.2, 0.25) is 11.6 Å². The van der Waals surface area contributed by atoms with E-state index in [0.717, 1.165) is 16.8 Å². The van der Waals surface area contributed by atoms with Crippen LogP contribution in [0, 0.1) is 13.8 Å². The number of rotatable bonds is 2. The third kappa shape index (κ3) is 2.35. The van der Waals surface area contributed by atoms with E-state index in [4.69, 9.17) is 0 Å². The molecule has 1 N–H and O–H groups in total. The summed E-state index contributed by atoms with van der Waals surface area (Å²) in [6.07, 6.45) is 2.63. The van der Waals surface area contributed by atoms with Crippen LogP contribution in [0.15, 0.2) is 40.9 Å². The van der Waals surface area contributed by atoms with Crippen LogP contribution in [0.5, 0.6) is 0 Å². The number of benzene rings is 1. The Morgan fingerprint density at radius 1 is 1.14 bits per heavy atom. The molecule has 0 unspecified atom stereocenters. The van der Waals surface area contributed by atoms with E-state index in [2.05, 4.69) is 31.2 Å². The molecule has 2 aromatic rings. The Morgan fingerprint density at radius 2 is 1.91 bits per heavy atom. The maximum Gasteiger partial charge on any atom is 0.221 e. The molecule has 1 aromatic heterocycles. The minimum absolute atomic E-state index is 0.124. The van der Waals surface area contributed by atoms with Crippen molar-refractivity contribution in [2.24, 2.45) is 0 Å². The highest BCUT2D eigenvalue weighted by molar-refractivity contribution is 9.12. The predicted octanol–water partition coefficient (Wildman–Crippen LogP) is 3.19. The molecule has 0 aliphatic heterocycles. The Morgan fingerprint density at radius 3 is 2.68 bits per heavy atom. The van der Waals surface area contributed by atoms with Crippen molar-refractivity contribution in [3.63, 3.8) is 0 Å². The Bertz CT molecular complexity index is 843. The monoisotopic (exact) mass is 357 g/mol. The first-order chi connectivity index (χ1) is 10.5. The SMILES string of the molecule is Cc1ccc(C)c(NC2=C(Br)C(=O)c3ncncc3C2=O)c1. The van der Waals surface area contributed by atoms with E-state index in [0.29, 0.717) is 0 Å². The van der Waals surface area contributed by atoms with Crippen LogP contribution in [0.4, 0.5) is 5.69 Å². The number of fused-ring (bicyclic) bond motifs is 1. The molecule has 0 bridgehead atoms. The fraction of sp³-hybridized carbons (Fsp3) is 0.125. The van der Waals surface area contributed by atoms with Crippen molar-refractivity contribution in [3.05, 3.63) is 63.3 Å². The Hall–Kier alpha value is -2.34. The van der Waals surface area contributed by atoms with Crippen LogP contribution in [0.3, 0.4) is 0 Å². The highest BCUT2D eigenvalue weighted by Gasteiger charge is 2.32. The van der Waals surface area contributed by atoms with Crippen molar-refractivity contribution in [3.8, 4) is 0 Å². The molecule has 6 heteroatoms. The average molecular weight is 358 g/mol. The van der Waals surface area contributed by atoms with Gasteiger partial charge < -0.3 is 5.32 Å². The number of hydrogen-bond acceptors (Lipinski definition) is 5. The number of Topliss-reactive ketones (excluding diaryl/α,β-unsaturated/α-hetero) is 2. The van der Waals surface area contributed by atoms with Crippen molar-refractivity contribution >= 4 is 33.2 Å². The first-order valence-electron chi connectivity index (χ1n) is 6.62. The molecule has 0 fully saturated rings. The van der Waals surface area contributed by atoms with Crippen molar-refractivity contribution in [2.45, 2.75) is 13.8 Å². The molecular weight excluding hydrogens is 346 g/mol. The maximum absolute atomic E-state index is 12.6. The molecule has 1 aromatic carbocycles. The van der Waals surface area contributed by atoms with Crippen molar-refractivity contribution in [1.82, 2.24) is 9.97 Å². The minimum Gasteiger partial charge on any atom is -0.351 e. The van der Waals surface area contributed by atoms with Gasteiger partial charge in [0.05, 0.1) is 10.0 Å². The lowest BCUT2D eigenvalue weighted by atomic mass is 9.98. The molecule has 0 amide bonds. The van der Waals surface area contributed by atoms with Crippen LogP contribution in [0.2, 0.25) is 0 Å². The fourth-order valence-corrected chi connectivity index (χ4v) is 2.71. The van der Waals surface area contributed by atoms with Gasteiger partial charge >= 0.3 is 0 Å². The molecule has 0 spiro atoms. The number of aryl methyl sites for hydroxylation is 2. The number of hydrogen-bond donors (Lipinski definition) is 1. The number of nitrogens with zero attached hydrogens (tertiary/aromatic N) is 2. The van der Waals surface area contributed by atoms with Crippen LogP contribution in [-0.2, 0) is 0 Å². The standard InChI is InChI=1S/C16H12BrN3O2/c1-8-3-4-9(2)11(5-8)20-14-12(17)16(22)13-10(15(14)21)6-18-7-19-13/h3-7,20H,1-2H3. The zero-order chi connectivity index (χ0) is 15.9. The molecule has 0 saturated carbocycles. The summed E-state index contributed by atoms with van der Waals surface area (Å²) in [6.45, 7) is 3.90. The van der Waals surface area contributed by atoms with E-state index < -0.39 is 0 Å². The summed E-state index contributed by atoms with van der Waals surface area (Å²) < 4.78 is 0.185. The average Bonchev–Trinajstić information content (AvgIpc) is 2.52. The lowest BCUT2D eigenvalue weighted by Gasteiger charge is -2.19. The number of carbonyl (C=O) groups excluding carboxylic acids is 2. The van der Waals surface area contributed by atoms with Crippen LogP contribution in [-0.4, -0.2) is 21.5 Å². The third-order valence-corrected chi connectivity index (χ3v) is 4.23. The summed E-state index contributed by atoms with van der Waals surface area (Å²) in [5.74, 6) is -0.632. The first kappa shape index (κ1) is 14.6. The topological polar surface area (TPSA) is 72.0 Å².